The minimum atomic E-state index is -4.24. The van der Waals surface area contributed by atoms with Crippen LogP contribution in [0.2, 0.25) is 0 Å². The van der Waals surface area contributed by atoms with Gasteiger partial charge in [-0.05, 0) is 36.4 Å². The third kappa shape index (κ3) is 14.2. The van der Waals surface area contributed by atoms with Crippen molar-refractivity contribution in [3.05, 3.63) is 60.4 Å². The molecule has 1 heterocycles. The Labute approximate surface area is 185 Å². The van der Waals surface area contributed by atoms with Crippen LogP contribution in [0, 0.1) is 0 Å². The summed E-state index contributed by atoms with van der Waals surface area (Å²) in [7, 11) is -4.24. The van der Waals surface area contributed by atoms with Gasteiger partial charge in [-0.1, -0.05) is 6.07 Å². The number of hydroxylamine groups is 2. The van der Waals surface area contributed by atoms with E-state index in [1.807, 2.05) is 18.2 Å². The number of pyridine rings is 1. The Hall–Kier alpha value is -1.79. The number of hydrogen-bond donors (Lipinski definition) is 3. The zero-order valence-corrected chi connectivity index (χ0v) is 18.3. The lowest BCUT2D eigenvalue weighted by atomic mass is 10.2. The third-order valence-electron chi connectivity index (χ3n) is 3.00. The number of aromatic carboxylic acids is 1. The summed E-state index contributed by atoms with van der Waals surface area (Å²) in [4.78, 5) is 18.9. The standard InChI is InChI=1S/C7H6O5S.C6H13Cl2NO2.C5H5N/c8-7(9)5-1-3-6(4-2-5)13(10,11)12;7-1-3-9(4-2-8)11-6-5-10;1-2-4-6-5-3-1/h1-4H,(H,8,9)(H,10,11,12);10H,1-6H2;1-5H. The molecule has 0 unspecified atom stereocenters. The summed E-state index contributed by atoms with van der Waals surface area (Å²) in [5.74, 6) is -0.146. The van der Waals surface area contributed by atoms with Crippen LogP contribution in [0.3, 0.4) is 0 Å². The molecule has 168 valence electrons. The van der Waals surface area contributed by atoms with Crippen LogP contribution in [-0.2, 0) is 15.0 Å². The number of nitrogens with zero attached hydrogens (tertiary/aromatic N) is 2. The second-order valence-electron chi connectivity index (χ2n) is 5.19. The predicted molar refractivity (Wildman–Crippen MR) is 114 cm³/mol. The van der Waals surface area contributed by atoms with Gasteiger partial charge in [-0.25, -0.2) is 4.79 Å². The molecule has 12 heteroatoms. The molecule has 0 aliphatic carbocycles. The van der Waals surface area contributed by atoms with E-state index in [1.54, 1.807) is 17.5 Å². The molecular weight excluding hydrogens is 459 g/mol. The number of carbonyl (C=O) groups is 1. The number of benzene rings is 1. The summed E-state index contributed by atoms with van der Waals surface area (Å²) in [6, 6.07) is 9.97. The highest BCUT2D eigenvalue weighted by molar-refractivity contribution is 7.85. The lowest BCUT2D eigenvalue weighted by molar-refractivity contribution is -0.158. The minimum Gasteiger partial charge on any atom is -0.478 e. The number of rotatable bonds is 9. The van der Waals surface area contributed by atoms with Crippen LogP contribution in [-0.4, -0.2) is 77.3 Å². The molecule has 2 rings (SSSR count). The van der Waals surface area contributed by atoms with E-state index >= 15 is 0 Å². The number of alkyl halides is 2. The first-order valence-corrected chi connectivity index (χ1v) is 11.0. The summed E-state index contributed by atoms with van der Waals surface area (Å²) < 4.78 is 29.6. The maximum absolute atomic E-state index is 10.5. The highest BCUT2D eigenvalue weighted by Gasteiger charge is 2.10. The second kappa shape index (κ2) is 16.9. The van der Waals surface area contributed by atoms with Crippen molar-refractivity contribution in [1.82, 2.24) is 10.0 Å². The largest absolute Gasteiger partial charge is 0.478 e. The van der Waals surface area contributed by atoms with Gasteiger partial charge in [0.05, 0.1) is 23.7 Å². The van der Waals surface area contributed by atoms with Gasteiger partial charge in [-0.2, -0.15) is 13.5 Å². The van der Waals surface area contributed by atoms with Crippen LogP contribution in [0.25, 0.3) is 0 Å². The molecule has 0 radical (unpaired) electrons. The topological polar surface area (TPSA) is 137 Å². The Morgan fingerprint density at radius 1 is 1.03 bits per heavy atom. The van der Waals surface area contributed by atoms with E-state index in [2.05, 4.69) is 4.98 Å². The molecule has 30 heavy (non-hydrogen) atoms. The van der Waals surface area contributed by atoms with Crippen molar-refractivity contribution in [3.63, 3.8) is 0 Å². The smallest absolute Gasteiger partial charge is 0.335 e. The lowest BCUT2D eigenvalue weighted by Gasteiger charge is -2.18. The van der Waals surface area contributed by atoms with E-state index < -0.39 is 16.1 Å². The van der Waals surface area contributed by atoms with Gasteiger partial charge >= 0.3 is 5.97 Å². The number of hydrogen-bond acceptors (Lipinski definition) is 7. The highest BCUT2D eigenvalue weighted by atomic mass is 35.5. The quantitative estimate of drug-likeness (QED) is 0.279. The first kappa shape index (κ1) is 28.2. The zero-order valence-electron chi connectivity index (χ0n) is 16.0. The summed E-state index contributed by atoms with van der Waals surface area (Å²) >= 11 is 11.0. The van der Waals surface area contributed by atoms with Crippen LogP contribution in [0.15, 0.2) is 59.8 Å². The number of aromatic nitrogens is 1. The SMILES string of the molecule is O=C(O)c1ccc(S(=O)(=O)O)cc1.OCCON(CCCl)CCCl.c1ccncc1. The van der Waals surface area contributed by atoms with Crippen molar-refractivity contribution in [2.45, 2.75) is 4.90 Å². The molecule has 2 aromatic rings. The van der Waals surface area contributed by atoms with Crippen molar-refractivity contribution in [2.24, 2.45) is 0 Å². The first-order valence-electron chi connectivity index (χ1n) is 8.52. The molecule has 3 N–H and O–H groups in total. The van der Waals surface area contributed by atoms with Crippen LogP contribution >= 0.6 is 23.2 Å². The maximum atomic E-state index is 10.5. The van der Waals surface area contributed by atoms with E-state index in [-0.39, 0.29) is 17.1 Å². The maximum Gasteiger partial charge on any atom is 0.335 e. The molecule has 0 saturated carbocycles. The van der Waals surface area contributed by atoms with Gasteiger partial charge in [0, 0.05) is 37.2 Å². The predicted octanol–water partition coefficient (Wildman–Crippen LogP) is 2.40. The number of halogens is 2. The van der Waals surface area contributed by atoms with Crippen molar-refractivity contribution in [1.29, 1.82) is 0 Å². The monoisotopic (exact) mass is 482 g/mol. The number of carboxylic acid groups (broad SMARTS) is 1. The Bertz CT molecular complexity index is 761. The second-order valence-corrected chi connectivity index (χ2v) is 7.37. The summed E-state index contributed by atoms with van der Waals surface area (Å²) in [5, 5.41) is 18.5. The van der Waals surface area contributed by atoms with Gasteiger partial charge in [0.1, 0.15) is 0 Å². The molecule has 0 saturated heterocycles. The average molecular weight is 483 g/mol. The van der Waals surface area contributed by atoms with Gasteiger partial charge in [0.2, 0.25) is 0 Å². The van der Waals surface area contributed by atoms with Crippen LogP contribution < -0.4 is 0 Å². The molecule has 9 nitrogen and oxygen atoms in total. The first-order chi connectivity index (χ1) is 14.3. The fourth-order valence-corrected chi connectivity index (χ4v) is 2.54. The van der Waals surface area contributed by atoms with E-state index in [9.17, 15) is 13.2 Å². The third-order valence-corrected chi connectivity index (χ3v) is 4.20. The lowest BCUT2D eigenvalue weighted by Crippen LogP contribution is -2.29. The van der Waals surface area contributed by atoms with Crippen molar-refractivity contribution < 1.29 is 32.8 Å². The van der Waals surface area contributed by atoms with Crippen molar-refractivity contribution in [2.75, 3.05) is 38.1 Å². The molecule has 0 bridgehead atoms. The summed E-state index contributed by atoms with van der Waals surface area (Å²) in [6.07, 6.45) is 3.50. The van der Waals surface area contributed by atoms with Gasteiger partial charge in [0.25, 0.3) is 10.1 Å². The molecule has 1 aromatic heterocycles. The number of carboxylic acids is 1. The Morgan fingerprint density at radius 2 is 1.57 bits per heavy atom. The Balaban J connectivity index is 0.000000447. The molecule has 0 atom stereocenters. The molecule has 1 aromatic carbocycles. The number of aliphatic hydroxyl groups is 1. The minimum absolute atomic E-state index is 0.0150. The van der Waals surface area contributed by atoms with Gasteiger partial charge in [-0.15, -0.1) is 23.2 Å². The van der Waals surface area contributed by atoms with Crippen molar-refractivity contribution in [3.8, 4) is 0 Å². The fourth-order valence-electron chi connectivity index (χ4n) is 1.68. The molecular formula is C18H24Cl2N2O7S. The van der Waals surface area contributed by atoms with Crippen LogP contribution in [0.1, 0.15) is 10.4 Å². The highest BCUT2D eigenvalue weighted by Crippen LogP contribution is 2.09. The fraction of sp³-hybridized carbons (Fsp3) is 0.333. The summed E-state index contributed by atoms with van der Waals surface area (Å²) in [6.45, 7) is 1.58. The Kier molecular flexibility index (Phi) is 15.9. The van der Waals surface area contributed by atoms with E-state index in [4.69, 9.17) is 42.8 Å². The van der Waals surface area contributed by atoms with Crippen LogP contribution in [0.4, 0.5) is 0 Å². The van der Waals surface area contributed by atoms with Gasteiger partial charge in [-0.3, -0.25) is 14.4 Å². The zero-order chi connectivity index (χ0) is 22.8. The van der Waals surface area contributed by atoms with Crippen molar-refractivity contribution >= 4 is 39.3 Å². The molecule has 0 amide bonds. The van der Waals surface area contributed by atoms with E-state index in [0.717, 1.165) is 24.3 Å². The average Bonchev–Trinajstić information content (AvgIpc) is 2.74. The normalized spacial score (nSPS) is 10.4. The number of aliphatic hydroxyl groups excluding tert-OH is 1. The molecule has 0 fully saturated rings. The molecule has 0 aliphatic rings. The van der Waals surface area contributed by atoms with E-state index in [1.165, 1.54) is 0 Å². The summed E-state index contributed by atoms with van der Waals surface area (Å²) in [5.41, 5.74) is -0.0348. The molecule has 0 spiro atoms. The van der Waals surface area contributed by atoms with Gasteiger partial charge < -0.3 is 10.2 Å². The van der Waals surface area contributed by atoms with E-state index in [0.29, 0.717) is 31.5 Å². The van der Waals surface area contributed by atoms with Gasteiger partial charge in [0.15, 0.2) is 0 Å². The van der Waals surface area contributed by atoms with Crippen LogP contribution in [0.5, 0.6) is 0 Å². The molecule has 0 aliphatic heterocycles. The Morgan fingerprint density at radius 3 is 1.87 bits per heavy atom.